The Labute approximate surface area is 182 Å². The van der Waals surface area contributed by atoms with Gasteiger partial charge in [0.1, 0.15) is 5.82 Å². The molecule has 31 heavy (non-hydrogen) atoms. The summed E-state index contributed by atoms with van der Waals surface area (Å²) < 4.78 is 10.2. The van der Waals surface area contributed by atoms with Crippen LogP contribution in [0.5, 0.6) is 0 Å². The summed E-state index contributed by atoms with van der Waals surface area (Å²) in [6.07, 6.45) is 9.11. The van der Waals surface area contributed by atoms with Crippen LogP contribution in [0.2, 0.25) is 0 Å². The molecule has 1 aromatic carbocycles. The predicted octanol–water partition coefficient (Wildman–Crippen LogP) is 2.23. The largest absolute Gasteiger partial charge is 0.375 e. The van der Waals surface area contributed by atoms with E-state index in [4.69, 9.17) is 4.74 Å². The number of imidazole rings is 1. The van der Waals surface area contributed by atoms with E-state index < -0.39 is 0 Å². The first-order chi connectivity index (χ1) is 15.1. The van der Waals surface area contributed by atoms with Gasteiger partial charge in [0, 0.05) is 69.6 Å². The van der Waals surface area contributed by atoms with Crippen molar-refractivity contribution in [2.24, 2.45) is 0 Å². The number of hydrogen-bond acceptors (Lipinski definition) is 5. The summed E-state index contributed by atoms with van der Waals surface area (Å²) >= 11 is 0. The summed E-state index contributed by atoms with van der Waals surface area (Å²) in [6.45, 7) is 2.43. The maximum Gasteiger partial charge on any atom is 0.224 e. The summed E-state index contributed by atoms with van der Waals surface area (Å²) in [6, 6.07) is 11.0. The van der Waals surface area contributed by atoms with Crippen molar-refractivity contribution in [3.63, 3.8) is 0 Å². The van der Waals surface area contributed by atoms with Crippen molar-refractivity contribution in [2.75, 3.05) is 33.8 Å². The molecule has 4 heterocycles. The molecule has 2 aliphatic rings. The van der Waals surface area contributed by atoms with Crippen LogP contribution in [0.25, 0.3) is 17.1 Å². The Kier molecular flexibility index (Phi) is 5.33. The molecule has 8 heteroatoms. The number of rotatable bonds is 5. The third-order valence-corrected chi connectivity index (χ3v) is 6.30. The molecule has 0 radical (unpaired) electrons. The first-order valence-corrected chi connectivity index (χ1v) is 10.8. The number of amides is 1. The van der Waals surface area contributed by atoms with Gasteiger partial charge in [0.2, 0.25) is 5.91 Å². The molecule has 2 aliphatic heterocycles. The zero-order valence-electron chi connectivity index (χ0n) is 18.0. The van der Waals surface area contributed by atoms with E-state index in [-0.39, 0.29) is 12.0 Å². The molecule has 1 amide bonds. The number of fused-ring (bicyclic) bond motifs is 1. The Hall–Kier alpha value is -2.97. The topological polar surface area (TPSA) is 68.4 Å². The smallest absolute Gasteiger partial charge is 0.224 e. The summed E-state index contributed by atoms with van der Waals surface area (Å²) in [5.41, 5.74) is 2.09. The molecule has 0 spiro atoms. The highest BCUT2D eigenvalue weighted by atomic mass is 16.5. The van der Waals surface area contributed by atoms with E-state index >= 15 is 0 Å². The summed E-state index contributed by atoms with van der Waals surface area (Å²) in [7, 11) is 3.59. The maximum atomic E-state index is 12.1. The van der Waals surface area contributed by atoms with Crippen LogP contribution in [0.15, 0.2) is 55.1 Å². The molecule has 0 bridgehead atoms. The van der Waals surface area contributed by atoms with Crippen LogP contribution >= 0.6 is 0 Å². The SMILES string of the molecule is CN(C)C(=O)C[C@H]1CN2C[C@H](n3ccnc3-c3cccc(-n4cccn4)c3)C[C@H]2CO1. The van der Waals surface area contributed by atoms with Crippen molar-refractivity contribution in [3.05, 3.63) is 55.1 Å². The molecule has 162 valence electrons. The second kappa shape index (κ2) is 8.28. The van der Waals surface area contributed by atoms with Gasteiger partial charge in [-0.25, -0.2) is 9.67 Å². The monoisotopic (exact) mass is 420 g/mol. The second-order valence-corrected chi connectivity index (χ2v) is 8.60. The van der Waals surface area contributed by atoms with E-state index in [2.05, 4.69) is 37.9 Å². The number of benzene rings is 1. The van der Waals surface area contributed by atoms with Crippen LogP contribution in [-0.2, 0) is 9.53 Å². The first-order valence-electron chi connectivity index (χ1n) is 10.8. The van der Waals surface area contributed by atoms with Gasteiger partial charge in [-0.3, -0.25) is 9.69 Å². The number of ether oxygens (including phenoxy) is 1. The highest BCUT2D eigenvalue weighted by molar-refractivity contribution is 5.76. The van der Waals surface area contributed by atoms with E-state index in [1.165, 1.54) is 0 Å². The van der Waals surface area contributed by atoms with Gasteiger partial charge >= 0.3 is 0 Å². The molecule has 3 aromatic rings. The lowest BCUT2D eigenvalue weighted by Crippen LogP contribution is -2.47. The quantitative estimate of drug-likeness (QED) is 0.633. The number of morpholine rings is 1. The van der Waals surface area contributed by atoms with Crippen molar-refractivity contribution in [3.8, 4) is 17.1 Å². The summed E-state index contributed by atoms with van der Waals surface area (Å²) in [5.74, 6) is 1.09. The molecule has 2 saturated heterocycles. The van der Waals surface area contributed by atoms with Crippen molar-refractivity contribution in [1.29, 1.82) is 0 Å². The normalized spacial score (nSPS) is 23.6. The summed E-state index contributed by atoms with van der Waals surface area (Å²) in [5, 5.41) is 4.34. The fourth-order valence-electron chi connectivity index (χ4n) is 4.66. The van der Waals surface area contributed by atoms with Crippen LogP contribution in [0, 0.1) is 0 Å². The molecular formula is C23H28N6O2. The van der Waals surface area contributed by atoms with E-state index in [0.29, 0.717) is 25.1 Å². The molecular weight excluding hydrogens is 392 g/mol. The van der Waals surface area contributed by atoms with Crippen LogP contribution in [0.1, 0.15) is 18.9 Å². The van der Waals surface area contributed by atoms with Crippen molar-refractivity contribution in [1.82, 2.24) is 29.1 Å². The molecule has 3 atom stereocenters. The van der Waals surface area contributed by atoms with Crippen LogP contribution in [0.3, 0.4) is 0 Å². The predicted molar refractivity (Wildman–Crippen MR) is 117 cm³/mol. The molecule has 0 saturated carbocycles. The minimum Gasteiger partial charge on any atom is -0.375 e. The Balaban J connectivity index is 1.32. The van der Waals surface area contributed by atoms with Gasteiger partial charge in [-0.05, 0) is 24.6 Å². The van der Waals surface area contributed by atoms with E-state index in [0.717, 1.165) is 36.6 Å². The zero-order chi connectivity index (χ0) is 21.4. The number of hydrogen-bond donors (Lipinski definition) is 0. The molecule has 2 aromatic heterocycles. The molecule has 2 fully saturated rings. The van der Waals surface area contributed by atoms with Gasteiger partial charge in [0.05, 0.1) is 24.8 Å². The Morgan fingerprint density at radius 2 is 2.06 bits per heavy atom. The standard InChI is InChI=1S/C23H28N6O2/c1-26(2)22(30)13-21-15-27-14-19(12-20(27)16-31-21)28-10-8-24-23(28)17-5-3-6-18(11-17)29-9-4-7-25-29/h3-11,19-21H,12-16H2,1-2H3/t19-,20+,21+/m1/s1. The van der Waals surface area contributed by atoms with Crippen molar-refractivity contribution in [2.45, 2.75) is 31.0 Å². The van der Waals surface area contributed by atoms with E-state index in [9.17, 15) is 4.79 Å². The fraction of sp³-hybridized carbons (Fsp3) is 0.435. The van der Waals surface area contributed by atoms with Gasteiger partial charge in [0.15, 0.2) is 0 Å². The highest BCUT2D eigenvalue weighted by Crippen LogP contribution is 2.34. The van der Waals surface area contributed by atoms with E-state index in [1.54, 1.807) is 25.2 Å². The van der Waals surface area contributed by atoms with Crippen LogP contribution in [0.4, 0.5) is 0 Å². The Morgan fingerprint density at radius 1 is 1.16 bits per heavy atom. The molecule has 8 nitrogen and oxygen atoms in total. The lowest BCUT2D eigenvalue weighted by Gasteiger charge is -2.35. The molecule has 5 rings (SSSR count). The molecule has 0 N–H and O–H groups in total. The van der Waals surface area contributed by atoms with Gasteiger partial charge in [0.25, 0.3) is 0 Å². The minimum atomic E-state index is -0.0297. The first kappa shape index (κ1) is 20.0. The lowest BCUT2D eigenvalue weighted by atomic mass is 10.1. The molecule has 0 unspecified atom stereocenters. The van der Waals surface area contributed by atoms with Gasteiger partial charge < -0.3 is 14.2 Å². The fourth-order valence-corrected chi connectivity index (χ4v) is 4.66. The maximum absolute atomic E-state index is 12.1. The molecule has 0 aliphatic carbocycles. The third-order valence-electron chi connectivity index (χ3n) is 6.30. The number of carbonyl (C=O) groups excluding carboxylic acids is 1. The van der Waals surface area contributed by atoms with Gasteiger partial charge in [-0.2, -0.15) is 5.10 Å². The lowest BCUT2D eigenvalue weighted by molar-refractivity contribution is -0.134. The minimum absolute atomic E-state index is 0.0297. The van der Waals surface area contributed by atoms with E-state index in [1.807, 2.05) is 35.3 Å². The average Bonchev–Trinajstić information content (AvgIpc) is 3.53. The highest BCUT2D eigenvalue weighted by Gasteiger charge is 2.39. The second-order valence-electron chi connectivity index (χ2n) is 8.60. The van der Waals surface area contributed by atoms with Gasteiger partial charge in [-0.1, -0.05) is 12.1 Å². The Bertz CT molecular complexity index is 1040. The number of carbonyl (C=O) groups is 1. The Morgan fingerprint density at radius 3 is 2.87 bits per heavy atom. The zero-order valence-corrected chi connectivity index (χ0v) is 18.0. The van der Waals surface area contributed by atoms with Crippen molar-refractivity contribution >= 4 is 5.91 Å². The third kappa shape index (κ3) is 4.00. The van der Waals surface area contributed by atoms with Gasteiger partial charge in [-0.15, -0.1) is 0 Å². The van der Waals surface area contributed by atoms with Crippen molar-refractivity contribution < 1.29 is 9.53 Å². The number of aromatic nitrogens is 4. The van der Waals surface area contributed by atoms with Crippen LogP contribution < -0.4 is 0 Å². The summed E-state index contributed by atoms with van der Waals surface area (Å²) in [4.78, 5) is 20.9. The average molecular weight is 421 g/mol. The van der Waals surface area contributed by atoms with Crippen LogP contribution in [-0.4, -0.2) is 81.0 Å². The number of nitrogens with zero attached hydrogens (tertiary/aromatic N) is 6.